The summed E-state index contributed by atoms with van der Waals surface area (Å²) in [4.78, 5) is 0.831. The highest BCUT2D eigenvalue weighted by Gasteiger charge is 2.19. The van der Waals surface area contributed by atoms with Crippen LogP contribution in [0.1, 0.15) is 22.6 Å². The summed E-state index contributed by atoms with van der Waals surface area (Å²) >= 11 is 1.15. The molecule has 0 aliphatic carbocycles. The molecule has 2 heterocycles. The number of aliphatic hydroxyl groups is 1. The molecule has 6 nitrogen and oxygen atoms in total. The van der Waals surface area contributed by atoms with Crippen molar-refractivity contribution in [2.45, 2.75) is 32.3 Å². The van der Waals surface area contributed by atoms with E-state index in [0.717, 1.165) is 60.3 Å². The molecule has 144 valence electrons. The first-order chi connectivity index (χ1) is 13.5. The summed E-state index contributed by atoms with van der Waals surface area (Å²) in [5.41, 5.74) is 4.12. The molecule has 0 spiro atoms. The Bertz CT molecular complexity index is 1150. The predicted molar refractivity (Wildman–Crippen MR) is 108 cm³/mol. The average molecular weight is 396 g/mol. The number of hydrogen-bond acceptors (Lipinski definition) is 7. The number of hydrogen-bond donors (Lipinski definition) is 2. The first kappa shape index (κ1) is 18.6. The molecule has 28 heavy (non-hydrogen) atoms. The fraction of sp³-hybridized carbons (Fsp3) is 0.190. The second-order valence-corrected chi connectivity index (χ2v) is 7.55. The first-order valence-corrected chi connectivity index (χ1v) is 9.59. The van der Waals surface area contributed by atoms with Gasteiger partial charge >= 0.3 is 0 Å². The van der Waals surface area contributed by atoms with Gasteiger partial charge in [0.05, 0.1) is 6.61 Å². The monoisotopic (exact) mass is 396 g/mol. The fourth-order valence-corrected chi connectivity index (χ4v) is 4.00. The van der Waals surface area contributed by atoms with Crippen LogP contribution >= 0.6 is 11.9 Å². The zero-order valence-corrected chi connectivity index (χ0v) is 16.6. The van der Waals surface area contributed by atoms with Gasteiger partial charge < -0.3 is 14.0 Å². The minimum atomic E-state index is -0.0542. The summed E-state index contributed by atoms with van der Waals surface area (Å²) in [5, 5.41) is 25.0. The molecule has 2 N–H and O–H groups in total. The van der Waals surface area contributed by atoms with E-state index in [-0.39, 0.29) is 6.61 Å². The van der Waals surface area contributed by atoms with Crippen LogP contribution in [-0.4, -0.2) is 15.5 Å². The van der Waals surface area contributed by atoms with E-state index in [1.165, 1.54) is 0 Å². The van der Waals surface area contributed by atoms with Crippen LogP contribution in [0.3, 0.4) is 0 Å². The Morgan fingerprint density at radius 3 is 2.57 bits per heavy atom. The van der Waals surface area contributed by atoms with E-state index < -0.39 is 0 Å². The van der Waals surface area contributed by atoms with E-state index in [2.05, 4.69) is 5.16 Å². The normalized spacial score (nSPS) is 11.3. The molecular formula is C21H20N2O4S. The fourth-order valence-electron chi connectivity index (χ4n) is 3.14. The summed E-state index contributed by atoms with van der Waals surface area (Å²) in [6.45, 7) is 5.48. The number of rotatable bonds is 5. The zero-order valence-electron chi connectivity index (χ0n) is 15.8. The largest absolute Gasteiger partial charge is 0.461 e. The van der Waals surface area contributed by atoms with Crippen LogP contribution in [0.5, 0.6) is 0 Å². The van der Waals surface area contributed by atoms with Gasteiger partial charge in [0.1, 0.15) is 17.1 Å². The van der Waals surface area contributed by atoms with Gasteiger partial charge in [-0.1, -0.05) is 35.5 Å². The second kappa shape index (κ2) is 7.35. The van der Waals surface area contributed by atoms with Crippen molar-refractivity contribution in [1.82, 2.24) is 5.16 Å². The van der Waals surface area contributed by atoms with E-state index in [1.807, 2.05) is 56.3 Å². The highest BCUT2D eigenvalue weighted by atomic mass is 32.2. The van der Waals surface area contributed by atoms with Gasteiger partial charge in [-0.05, 0) is 38.5 Å². The lowest BCUT2D eigenvalue weighted by Crippen LogP contribution is -2.09. The Morgan fingerprint density at radius 1 is 1.07 bits per heavy atom. The lowest BCUT2D eigenvalue weighted by Gasteiger charge is -2.16. The molecule has 2 aromatic carbocycles. The van der Waals surface area contributed by atoms with Crippen molar-refractivity contribution in [1.29, 1.82) is 0 Å². The first-order valence-electron chi connectivity index (χ1n) is 8.81. The van der Waals surface area contributed by atoms with Crippen molar-refractivity contribution in [2.24, 2.45) is 0 Å². The lowest BCUT2D eigenvalue weighted by atomic mass is 10.0. The number of nitrogens with zero attached hydrogens (tertiary/aromatic N) is 2. The predicted octanol–water partition coefficient (Wildman–Crippen LogP) is 5.41. The molecule has 4 rings (SSSR count). The molecule has 0 radical (unpaired) electrons. The quantitative estimate of drug-likeness (QED) is 0.345. The molecule has 0 fully saturated rings. The summed E-state index contributed by atoms with van der Waals surface area (Å²) in [5.74, 6) is 1.81. The van der Waals surface area contributed by atoms with E-state index in [4.69, 9.17) is 8.94 Å². The van der Waals surface area contributed by atoms with Crippen LogP contribution in [0.4, 0.5) is 5.82 Å². The number of furan rings is 1. The Balaban J connectivity index is 1.79. The van der Waals surface area contributed by atoms with Crippen molar-refractivity contribution in [3.05, 3.63) is 65.1 Å². The smallest absolute Gasteiger partial charge is 0.210 e. The zero-order chi connectivity index (χ0) is 19.8. The van der Waals surface area contributed by atoms with Crippen LogP contribution in [0.2, 0.25) is 0 Å². The third-order valence-corrected chi connectivity index (χ3v) is 5.64. The van der Waals surface area contributed by atoms with Crippen LogP contribution in [0, 0.1) is 20.8 Å². The van der Waals surface area contributed by atoms with E-state index in [0.29, 0.717) is 11.6 Å². The van der Waals surface area contributed by atoms with Gasteiger partial charge in [0.25, 0.3) is 0 Å². The SMILES string of the molecule is Cc1cc2c(CO)ccc(-c3ccccc3SN(O)c3noc(C)c3C)c2o1. The van der Waals surface area contributed by atoms with Crippen molar-refractivity contribution < 1.29 is 19.3 Å². The minimum absolute atomic E-state index is 0.0542. The molecule has 0 saturated carbocycles. The van der Waals surface area contributed by atoms with Crippen molar-refractivity contribution in [3.8, 4) is 11.1 Å². The minimum Gasteiger partial charge on any atom is -0.461 e. The van der Waals surface area contributed by atoms with E-state index in [9.17, 15) is 10.3 Å². The van der Waals surface area contributed by atoms with Crippen molar-refractivity contribution in [3.63, 3.8) is 0 Å². The average Bonchev–Trinajstić information content (AvgIpc) is 3.24. The highest BCUT2D eigenvalue weighted by molar-refractivity contribution is 8.00. The Labute approximate surface area is 166 Å². The van der Waals surface area contributed by atoms with Gasteiger partial charge in [-0.3, -0.25) is 5.21 Å². The molecule has 0 saturated heterocycles. The standard InChI is InChI=1S/C21H20N2O4S/c1-12-10-18-15(11-24)8-9-17(20(18)26-12)16-6-4-5-7-19(16)28-23(25)21-13(2)14(3)27-22-21/h4-10,24-25H,11H2,1-3H3. The van der Waals surface area contributed by atoms with Gasteiger partial charge in [-0.15, -0.1) is 0 Å². The molecule has 0 unspecified atom stereocenters. The number of aryl methyl sites for hydroxylation is 2. The van der Waals surface area contributed by atoms with Crippen LogP contribution in [0.15, 0.2) is 56.3 Å². The van der Waals surface area contributed by atoms with Gasteiger partial charge in [0, 0.05) is 38.9 Å². The molecule has 0 amide bonds. The molecule has 0 aliphatic heterocycles. The van der Waals surface area contributed by atoms with Gasteiger partial charge in [0.2, 0.25) is 5.82 Å². The van der Waals surface area contributed by atoms with E-state index in [1.54, 1.807) is 6.92 Å². The third kappa shape index (κ3) is 3.17. The summed E-state index contributed by atoms with van der Waals surface area (Å²) in [6.07, 6.45) is 0. The summed E-state index contributed by atoms with van der Waals surface area (Å²) < 4.78 is 12.1. The number of fused-ring (bicyclic) bond motifs is 1. The number of aromatic nitrogens is 1. The van der Waals surface area contributed by atoms with Crippen LogP contribution < -0.4 is 4.47 Å². The molecule has 0 bridgehead atoms. The maximum absolute atomic E-state index is 10.6. The molecule has 0 atom stereocenters. The Kier molecular flexibility index (Phi) is 4.89. The van der Waals surface area contributed by atoms with Crippen molar-refractivity contribution >= 4 is 28.7 Å². The summed E-state index contributed by atoms with van der Waals surface area (Å²) in [7, 11) is 0. The lowest BCUT2D eigenvalue weighted by molar-refractivity contribution is 0.283. The Morgan fingerprint density at radius 2 is 1.86 bits per heavy atom. The third-order valence-electron chi connectivity index (χ3n) is 4.74. The molecule has 2 aromatic heterocycles. The van der Waals surface area contributed by atoms with Gasteiger partial charge in [-0.2, -0.15) is 4.47 Å². The maximum atomic E-state index is 10.6. The van der Waals surface area contributed by atoms with Gasteiger partial charge in [0.15, 0.2) is 0 Å². The van der Waals surface area contributed by atoms with Gasteiger partial charge in [-0.25, -0.2) is 0 Å². The van der Waals surface area contributed by atoms with E-state index >= 15 is 0 Å². The maximum Gasteiger partial charge on any atom is 0.210 e. The topological polar surface area (TPSA) is 82.9 Å². The molecular weight excluding hydrogens is 376 g/mol. The van der Waals surface area contributed by atoms with Crippen molar-refractivity contribution in [2.75, 3.05) is 4.47 Å². The highest BCUT2D eigenvalue weighted by Crippen LogP contribution is 2.40. The number of anilines is 1. The molecule has 4 aromatic rings. The summed E-state index contributed by atoms with van der Waals surface area (Å²) in [6, 6.07) is 13.5. The molecule has 7 heteroatoms. The Hall–Kier alpha value is -2.74. The number of aliphatic hydroxyl groups excluding tert-OH is 1. The second-order valence-electron chi connectivity index (χ2n) is 6.58. The van der Waals surface area contributed by atoms with Crippen LogP contribution in [-0.2, 0) is 6.61 Å². The number of benzene rings is 2. The molecule has 0 aliphatic rings. The van der Waals surface area contributed by atoms with Crippen LogP contribution in [0.25, 0.3) is 22.1 Å².